The van der Waals surface area contributed by atoms with Crippen molar-refractivity contribution in [2.24, 2.45) is 0 Å². The Balaban J connectivity index is 1.50. The summed E-state index contributed by atoms with van der Waals surface area (Å²) in [5, 5.41) is 21.5. The molecule has 5 rings (SSSR count). The van der Waals surface area contributed by atoms with Crippen LogP contribution in [0.5, 0.6) is 17.2 Å². The lowest BCUT2D eigenvalue weighted by atomic mass is 9.94. The number of ketones is 1. The van der Waals surface area contributed by atoms with E-state index in [0.717, 1.165) is 16.7 Å². The number of aliphatic hydroxyl groups is 1. The number of methoxy groups -OCH3 is 1. The van der Waals surface area contributed by atoms with Crippen LogP contribution in [0, 0.1) is 6.92 Å². The van der Waals surface area contributed by atoms with E-state index < -0.39 is 17.7 Å². The number of pyridine rings is 1. The molecule has 202 valence electrons. The minimum atomic E-state index is -0.917. The predicted molar refractivity (Wildman–Crippen MR) is 149 cm³/mol. The van der Waals surface area contributed by atoms with Gasteiger partial charge in [-0.3, -0.25) is 14.6 Å². The topological polar surface area (TPSA) is 109 Å². The van der Waals surface area contributed by atoms with Crippen molar-refractivity contribution in [2.45, 2.75) is 26.1 Å². The van der Waals surface area contributed by atoms with Crippen molar-refractivity contribution in [3.63, 3.8) is 0 Å². The maximum absolute atomic E-state index is 13.4. The second kappa shape index (κ2) is 11.3. The third kappa shape index (κ3) is 5.37. The third-order valence-electron chi connectivity index (χ3n) is 6.78. The number of ether oxygens (including phenoxy) is 2. The molecule has 1 aliphatic heterocycles. The highest BCUT2D eigenvalue weighted by Gasteiger charge is 2.46. The zero-order valence-corrected chi connectivity index (χ0v) is 22.1. The lowest BCUT2D eigenvalue weighted by molar-refractivity contribution is -0.140. The highest BCUT2D eigenvalue weighted by atomic mass is 16.5. The number of amides is 1. The zero-order chi connectivity index (χ0) is 28.2. The van der Waals surface area contributed by atoms with Crippen LogP contribution in [0.4, 0.5) is 0 Å². The molecule has 0 spiro atoms. The minimum Gasteiger partial charge on any atom is -0.507 e. The molecule has 1 fully saturated rings. The van der Waals surface area contributed by atoms with E-state index >= 15 is 0 Å². The molecule has 0 aliphatic carbocycles. The average molecular weight is 537 g/mol. The van der Waals surface area contributed by atoms with Crippen molar-refractivity contribution in [3.8, 4) is 17.2 Å². The average Bonchev–Trinajstić information content (AvgIpc) is 3.22. The van der Waals surface area contributed by atoms with Gasteiger partial charge in [0.25, 0.3) is 11.7 Å². The summed E-state index contributed by atoms with van der Waals surface area (Å²) in [6.45, 7) is 2.52. The summed E-state index contributed by atoms with van der Waals surface area (Å²) in [5.41, 5.74) is 3.75. The Morgan fingerprint density at radius 2 is 1.70 bits per heavy atom. The Morgan fingerprint density at radius 1 is 0.950 bits per heavy atom. The van der Waals surface area contributed by atoms with E-state index in [4.69, 9.17) is 9.47 Å². The number of Topliss-reactive ketones (excluding diaryl/α,β-unsaturated/α-hetero) is 1. The van der Waals surface area contributed by atoms with E-state index in [9.17, 15) is 19.8 Å². The molecule has 1 atom stereocenters. The van der Waals surface area contributed by atoms with E-state index in [1.807, 2.05) is 31.2 Å². The second-order valence-electron chi connectivity index (χ2n) is 9.52. The number of likely N-dealkylation sites (tertiary alicyclic amines) is 1. The van der Waals surface area contributed by atoms with Gasteiger partial charge in [0.2, 0.25) is 0 Å². The molecule has 1 saturated heterocycles. The Labute approximate surface area is 231 Å². The van der Waals surface area contributed by atoms with Crippen molar-refractivity contribution in [1.29, 1.82) is 0 Å². The van der Waals surface area contributed by atoms with Gasteiger partial charge in [-0.25, -0.2) is 0 Å². The van der Waals surface area contributed by atoms with Gasteiger partial charge < -0.3 is 24.6 Å². The molecule has 8 heteroatoms. The number of aromatic nitrogens is 1. The standard InChI is InChI=1S/C32H28N2O6/c1-20-4-3-5-22(16-20)19-40-25-9-6-23(7-10-25)30(36)28-29(24-8-11-26(35)27(17-24)39-2)34(32(38)31(28)37)18-21-12-14-33-15-13-21/h3-17,29,35-36H,18-19H2,1-2H3/b30-28+/t29-/m0/s1. The second-order valence-corrected chi connectivity index (χ2v) is 9.52. The largest absolute Gasteiger partial charge is 0.507 e. The Morgan fingerprint density at radius 3 is 2.40 bits per heavy atom. The monoisotopic (exact) mass is 536 g/mol. The van der Waals surface area contributed by atoms with Gasteiger partial charge in [-0.1, -0.05) is 35.9 Å². The number of hydrogen-bond acceptors (Lipinski definition) is 7. The number of rotatable bonds is 8. The van der Waals surface area contributed by atoms with Crippen LogP contribution in [0.15, 0.2) is 96.8 Å². The highest BCUT2D eigenvalue weighted by molar-refractivity contribution is 6.46. The summed E-state index contributed by atoms with van der Waals surface area (Å²) >= 11 is 0. The SMILES string of the molecule is COc1cc([C@H]2/C(=C(\O)c3ccc(OCc4cccc(C)c4)cc3)C(=O)C(=O)N2Cc2ccncc2)ccc1O. The lowest BCUT2D eigenvalue weighted by Crippen LogP contribution is -2.29. The molecular weight excluding hydrogens is 508 g/mol. The van der Waals surface area contributed by atoms with Gasteiger partial charge in [0.15, 0.2) is 11.5 Å². The molecule has 8 nitrogen and oxygen atoms in total. The summed E-state index contributed by atoms with van der Waals surface area (Å²) < 4.78 is 11.2. The van der Waals surface area contributed by atoms with Crippen LogP contribution in [0.3, 0.4) is 0 Å². The number of phenolic OH excluding ortho intramolecular Hbond substituents is 1. The van der Waals surface area contributed by atoms with E-state index in [1.54, 1.807) is 60.9 Å². The number of hydrogen-bond donors (Lipinski definition) is 2. The van der Waals surface area contributed by atoms with Crippen molar-refractivity contribution in [2.75, 3.05) is 7.11 Å². The zero-order valence-electron chi connectivity index (χ0n) is 22.1. The molecule has 1 aliphatic rings. The first-order valence-electron chi connectivity index (χ1n) is 12.7. The van der Waals surface area contributed by atoms with Crippen molar-refractivity contribution in [3.05, 3.63) is 125 Å². The van der Waals surface area contributed by atoms with E-state index in [1.165, 1.54) is 18.1 Å². The smallest absolute Gasteiger partial charge is 0.295 e. The Kier molecular flexibility index (Phi) is 7.50. The van der Waals surface area contributed by atoms with E-state index in [-0.39, 0.29) is 29.4 Å². The molecule has 1 amide bonds. The number of aromatic hydroxyl groups is 1. The quantitative estimate of drug-likeness (QED) is 0.179. The first-order valence-corrected chi connectivity index (χ1v) is 12.7. The number of aryl methyl sites for hydroxylation is 1. The maximum Gasteiger partial charge on any atom is 0.295 e. The van der Waals surface area contributed by atoms with Crippen molar-refractivity contribution < 1.29 is 29.3 Å². The molecular formula is C32H28N2O6. The first-order chi connectivity index (χ1) is 19.4. The summed E-state index contributed by atoms with van der Waals surface area (Å²) in [6, 6.07) is 21.9. The molecule has 0 bridgehead atoms. The summed E-state index contributed by atoms with van der Waals surface area (Å²) in [4.78, 5) is 32.0. The Bertz CT molecular complexity index is 1580. The van der Waals surface area contributed by atoms with Crippen LogP contribution in [0.1, 0.15) is 33.9 Å². The highest BCUT2D eigenvalue weighted by Crippen LogP contribution is 2.42. The summed E-state index contributed by atoms with van der Waals surface area (Å²) in [7, 11) is 1.41. The number of aliphatic hydroxyl groups excluding tert-OH is 1. The van der Waals surface area contributed by atoms with Crippen LogP contribution in [0.25, 0.3) is 5.76 Å². The number of nitrogens with zero attached hydrogens (tertiary/aromatic N) is 2. The summed E-state index contributed by atoms with van der Waals surface area (Å²) in [5.74, 6) is -1.16. The van der Waals surface area contributed by atoms with Crippen LogP contribution in [-0.4, -0.2) is 38.9 Å². The van der Waals surface area contributed by atoms with Gasteiger partial charge in [0, 0.05) is 24.5 Å². The molecule has 2 N–H and O–H groups in total. The Hall–Kier alpha value is -5.11. The van der Waals surface area contributed by atoms with Crippen LogP contribution >= 0.6 is 0 Å². The summed E-state index contributed by atoms with van der Waals surface area (Å²) in [6.07, 6.45) is 3.21. The lowest BCUT2D eigenvalue weighted by Gasteiger charge is -2.26. The molecule has 2 heterocycles. The van der Waals surface area contributed by atoms with Gasteiger partial charge in [-0.15, -0.1) is 0 Å². The van der Waals surface area contributed by atoms with Crippen molar-refractivity contribution >= 4 is 17.4 Å². The van der Waals surface area contributed by atoms with Gasteiger partial charge in [-0.05, 0) is 72.1 Å². The predicted octanol–water partition coefficient (Wildman–Crippen LogP) is 5.31. The molecule has 4 aromatic rings. The van der Waals surface area contributed by atoms with Gasteiger partial charge in [0.05, 0.1) is 18.7 Å². The molecule has 0 unspecified atom stereocenters. The number of carbonyl (C=O) groups is 2. The normalized spacial score (nSPS) is 16.2. The van der Waals surface area contributed by atoms with Crippen LogP contribution < -0.4 is 9.47 Å². The minimum absolute atomic E-state index is 0.0553. The molecule has 1 aromatic heterocycles. The van der Waals surface area contributed by atoms with Gasteiger partial charge >= 0.3 is 0 Å². The first kappa shape index (κ1) is 26.5. The van der Waals surface area contributed by atoms with E-state index in [0.29, 0.717) is 23.5 Å². The van der Waals surface area contributed by atoms with Gasteiger partial charge in [-0.2, -0.15) is 0 Å². The molecule has 40 heavy (non-hydrogen) atoms. The number of benzene rings is 3. The van der Waals surface area contributed by atoms with E-state index in [2.05, 4.69) is 4.98 Å². The fourth-order valence-electron chi connectivity index (χ4n) is 4.77. The molecule has 0 saturated carbocycles. The number of carbonyl (C=O) groups excluding carboxylic acids is 2. The number of phenols is 1. The fourth-order valence-corrected chi connectivity index (χ4v) is 4.77. The van der Waals surface area contributed by atoms with Crippen LogP contribution in [-0.2, 0) is 22.7 Å². The van der Waals surface area contributed by atoms with Crippen molar-refractivity contribution in [1.82, 2.24) is 9.88 Å². The van der Waals surface area contributed by atoms with Gasteiger partial charge in [0.1, 0.15) is 18.1 Å². The fraction of sp³-hybridized carbons (Fsp3) is 0.156. The van der Waals surface area contributed by atoms with Crippen LogP contribution in [0.2, 0.25) is 0 Å². The maximum atomic E-state index is 13.4. The molecule has 0 radical (unpaired) electrons. The molecule has 3 aromatic carbocycles. The third-order valence-corrected chi connectivity index (χ3v) is 6.78.